The second-order valence-electron chi connectivity index (χ2n) is 8.35. The van der Waals surface area contributed by atoms with Crippen molar-refractivity contribution in [1.29, 1.82) is 0 Å². The molecule has 1 amide bonds. The predicted molar refractivity (Wildman–Crippen MR) is 149 cm³/mol. The van der Waals surface area contributed by atoms with Crippen molar-refractivity contribution in [2.24, 2.45) is 0 Å². The molecule has 38 heavy (non-hydrogen) atoms. The molecule has 0 spiro atoms. The van der Waals surface area contributed by atoms with E-state index in [9.17, 15) is 18.0 Å². The number of thioether (sulfide) groups is 1. The highest BCUT2D eigenvalue weighted by molar-refractivity contribution is 8.26. The van der Waals surface area contributed by atoms with Crippen LogP contribution in [0.4, 0.5) is 0 Å². The van der Waals surface area contributed by atoms with E-state index in [0.29, 0.717) is 22.0 Å². The average molecular weight is 570 g/mol. The summed E-state index contributed by atoms with van der Waals surface area (Å²) in [6.07, 6.45) is 2.78. The Morgan fingerprint density at radius 1 is 0.974 bits per heavy atom. The SMILES string of the molecule is CS(=O)(=O)c1ccc(COc2ccc(/C=C3\SC(=S)N(CC(=O)O)C3=O)cc2OCc2ccccc2)cc1. The molecule has 3 aromatic rings. The van der Waals surface area contributed by atoms with Crippen LogP contribution < -0.4 is 9.47 Å². The topological polar surface area (TPSA) is 110 Å². The molecule has 1 aliphatic rings. The minimum absolute atomic E-state index is 0.179. The van der Waals surface area contributed by atoms with Gasteiger partial charge in [-0.3, -0.25) is 14.5 Å². The van der Waals surface area contributed by atoms with Crippen LogP contribution in [0.1, 0.15) is 16.7 Å². The first-order valence-corrected chi connectivity index (χ1v) is 14.4. The molecule has 1 N–H and O–H groups in total. The van der Waals surface area contributed by atoms with Crippen molar-refractivity contribution in [3.63, 3.8) is 0 Å². The molecule has 0 radical (unpaired) electrons. The van der Waals surface area contributed by atoms with Crippen molar-refractivity contribution in [2.75, 3.05) is 12.8 Å². The Hall–Kier alpha value is -3.67. The Morgan fingerprint density at radius 2 is 1.61 bits per heavy atom. The van der Waals surface area contributed by atoms with E-state index >= 15 is 0 Å². The number of amides is 1. The number of carbonyl (C=O) groups excluding carboxylic acids is 1. The van der Waals surface area contributed by atoms with E-state index in [0.717, 1.165) is 34.0 Å². The fourth-order valence-corrected chi connectivity index (χ4v) is 5.38. The first-order valence-electron chi connectivity index (χ1n) is 11.3. The van der Waals surface area contributed by atoms with E-state index in [2.05, 4.69) is 0 Å². The van der Waals surface area contributed by atoms with Crippen molar-refractivity contribution in [3.8, 4) is 11.5 Å². The van der Waals surface area contributed by atoms with Crippen LogP contribution in [-0.4, -0.2) is 47.4 Å². The Morgan fingerprint density at radius 3 is 2.24 bits per heavy atom. The third-order valence-electron chi connectivity index (χ3n) is 5.42. The lowest BCUT2D eigenvalue weighted by Crippen LogP contribution is -2.33. The van der Waals surface area contributed by atoms with Crippen molar-refractivity contribution in [1.82, 2.24) is 4.90 Å². The lowest BCUT2D eigenvalue weighted by molar-refractivity contribution is -0.140. The van der Waals surface area contributed by atoms with E-state index < -0.39 is 28.3 Å². The molecule has 1 aliphatic heterocycles. The summed E-state index contributed by atoms with van der Waals surface area (Å²) in [4.78, 5) is 25.3. The van der Waals surface area contributed by atoms with E-state index in [4.69, 9.17) is 26.8 Å². The number of hydrogen-bond acceptors (Lipinski definition) is 8. The van der Waals surface area contributed by atoms with Crippen molar-refractivity contribution in [3.05, 3.63) is 94.4 Å². The van der Waals surface area contributed by atoms with Crippen LogP contribution in [0.5, 0.6) is 11.5 Å². The molecule has 4 rings (SSSR count). The molecule has 0 saturated carbocycles. The summed E-state index contributed by atoms with van der Waals surface area (Å²) in [5, 5.41) is 9.05. The maximum absolute atomic E-state index is 12.7. The number of thiocarbonyl (C=S) groups is 1. The van der Waals surface area contributed by atoms with Gasteiger partial charge in [0.05, 0.1) is 9.80 Å². The molecule has 1 saturated heterocycles. The maximum atomic E-state index is 12.7. The van der Waals surface area contributed by atoms with Gasteiger partial charge in [0.25, 0.3) is 5.91 Å². The summed E-state index contributed by atoms with van der Waals surface area (Å²) in [6.45, 7) is -0.0330. The molecule has 0 bridgehead atoms. The Labute approximate surface area is 229 Å². The van der Waals surface area contributed by atoms with Gasteiger partial charge in [0.1, 0.15) is 24.1 Å². The first-order chi connectivity index (χ1) is 18.1. The van der Waals surface area contributed by atoms with Crippen LogP contribution in [-0.2, 0) is 32.6 Å². The molecule has 196 valence electrons. The largest absolute Gasteiger partial charge is 0.485 e. The summed E-state index contributed by atoms with van der Waals surface area (Å²) in [5.74, 6) is -0.710. The van der Waals surface area contributed by atoms with Crippen LogP contribution in [0.15, 0.2) is 82.6 Å². The predicted octanol–water partition coefficient (Wildman–Crippen LogP) is 4.53. The van der Waals surface area contributed by atoms with Gasteiger partial charge in [0.2, 0.25) is 0 Å². The lowest BCUT2D eigenvalue weighted by atomic mass is 10.1. The van der Waals surface area contributed by atoms with Crippen molar-refractivity contribution >= 4 is 56.1 Å². The van der Waals surface area contributed by atoms with Crippen LogP contribution in [0.2, 0.25) is 0 Å². The number of carboxylic acid groups (broad SMARTS) is 1. The number of ether oxygens (including phenoxy) is 2. The van der Waals surface area contributed by atoms with Crippen LogP contribution in [0.25, 0.3) is 6.08 Å². The zero-order valence-corrected chi connectivity index (χ0v) is 22.6. The quantitative estimate of drug-likeness (QED) is 0.278. The second kappa shape index (κ2) is 11.8. The minimum atomic E-state index is -3.29. The fourth-order valence-electron chi connectivity index (χ4n) is 3.50. The van der Waals surface area contributed by atoms with Gasteiger partial charge >= 0.3 is 5.97 Å². The van der Waals surface area contributed by atoms with Gasteiger partial charge in [-0.25, -0.2) is 8.42 Å². The third kappa shape index (κ3) is 7.00. The number of nitrogens with zero attached hydrogens (tertiary/aromatic N) is 1. The molecule has 11 heteroatoms. The van der Waals surface area contributed by atoms with Crippen LogP contribution in [0.3, 0.4) is 0 Å². The number of carbonyl (C=O) groups is 2. The fraction of sp³-hybridized carbons (Fsp3) is 0.148. The molecular weight excluding hydrogens is 546 g/mol. The molecule has 1 heterocycles. The van der Waals surface area contributed by atoms with Gasteiger partial charge in [0.15, 0.2) is 21.3 Å². The smallest absolute Gasteiger partial charge is 0.323 e. The average Bonchev–Trinajstić information content (AvgIpc) is 3.14. The lowest BCUT2D eigenvalue weighted by Gasteiger charge is -2.14. The summed E-state index contributed by atoms with van der Waals surface area (Å²) in [7, 11) is -3.29. The molecular formula is C27H23NO7S3. The standard InChI is InChI=1S/C27H23NO7S3/c1-38(32,33)21-10-7-19(8-11-21)17-34-22-12-9-20(13-23(22)35-16-18-5-3-2-4-6-18)14-24-26(31)28(15-25(29)30)27(36)37-24/h2-14H,15-17H2,1H3,(H,29,30)/b24-14-. The Balaban J connectivity index is 1.56. The highest BCUT2D eigenvalue weighted by atomic mass is 32.2. The number of benzene rings is 3. The number of rotatable bonds is 10. The van der Waals surface area contributed by atoms with E-state index in [1.807, 2.05) is 30.3 Å². The molecule has 0 unspecified atom stereocenters. The molecule has 0 aromatic heterocycles. The second-order valence-corrected chi connectivity index (χ2v) is 12.0. The van der Waals surface area contributed by atoms with E-state index in [1.54, 1.807) is 36.4 Å². The minimum Gasteiger partial charge on any atom is -0.485 e. The summed E-state index contributed by atoms with van der Waals surface area (Å²) in [5.41, 5.74) is 2.38. The zero-order chi connectivity index (χ0) is 27.3. The van der Waals surface area contributed by atoms with E-state index in [-0.39, 0.29) is 22.4 Å². The normalized spacial score (nSPS) is 14.7. The van der Waals surface area contributed by atoms with Crippen molar-refractivity contribution < 1.29 is 32.6 Å². The molecule has 8 nitrogen and oxygen atoms in total. The maximum Gasteiger partial charge on any atom is 0.323 e. The van der Waals surface area contributed by atoms with E-state index in [1.165, 1.54) is 12.1 Å². The molecule has 3 aromatic carbocycles. The summed E-state index contributed by atoms with van der Waals surface area (Å²) >= 11 is 6.21. The molecule has 0 atom stereocenters. The van der Waals surface area contributed by atoms with Gasteiger partial charge < -0.3 is 14.6 Å². The van der Waals surface area contributed by atoms with Crippen molar-refractivity contribution in [2.45, 2.75) is 18.1 Å². The number of hydrogen-bond donors (Lipinski definition) is 1. The molecule has 0 aliphatic carbocycles. The third-order valence-corrected chi connectivity index (χ3v) is 7.92. The Kier molecular flexibility index (Phi) is 8.50. The van der Waals surface area contributed by atoms with Gasteiger partial charge in [-0.15, -0.1) is 0 Å². The number of carboxylic acids is 1. The van der Waals surface area contributed by atoms with Gasteiger partial charge in [-0.2, -0.15) is 0 Å². The van der Waals surface area contributed by atoms with Gasteiger partial charge in [-0.1, -0.05) is 72.5 Å². The first kappa shape index (κ1) is 27.4. The van der Waals surface area contributed by atoms with Crippen LogP contribution in [0, 0.1) is 0 Å². The van der Waals surface area contributed by atoms with Gasteiger partial charge in [0, 0.05) is 6.26 Å². The highest BCUT2D eigenvalue weighted by Crippen LogP contribution is 2.35. The Bertz CT molecular complexity index is 1500. The zero-order valence-electron chi connectivity index (χ0n) is 20.2. The van der Waals surface area contributed by atoms with Crippen LogP contribution >= 0.6 is 24.0 Å². The number of aliphatic carboxylic acids is 1. The van der Waals surface area contributed by atoms with Gasteiger partial charge in [-0.05, 0) is 47.0 Å². The molecule has 1 fully saturated rings. The summed E-state index contributed by atoms with van der Waals surface area (Å²) < 4.78 is 35.7. The monoisotopic (exact) mass is 569 g/mol. The highest BCUT2D eigenvalue weighted by Gasteiger charge is 2.33. The number of sulfone groups is 1. The summed E-state index contributed by atoms with van der Waals surface area (Å²) in [6, 6.07) is 21.2.